The SMILES string of the molecule is COc1ccc(CCNC(=O)c2cccc(CN3CCN(S(=O)(=O)c4ccc(C)cc4)CC3)c2)cc1OC. The molecule has 0 aromatic heterocycles. The lowest BCUT2D eigenvalue weighted by Gasteiger charge is -2.34. The van der Waals surface area contributed by atoms with Gasteiger partial charge in [-0.3, -0.25) is 9.69 Å². The molecule has 0 atom stereocenters. The summed E-state index contributed by atoms with van der Waals surface area (Å²) < 4.78 is 38.1. The van der Waals surface area contributed by atoms with E-state index in [1.54, 1.807) is 36.7 Å². The third-order valence-corrected chi connectivity index (χ3v) is 8.65. The van der Waals surface area contributed by atoms with Crippen molar-refractivity contribution in [1.29, 1.82) is 0 Å². The molecule has 1 aliphatic heterocycles. The summed E-state index contributed by atoms with van der Waals surface area (Å²) in [7, 11) is -0.288. The zero-order valence-electron chi connectivity index (χ0n) is 22.1. The van der Waals surface area contributed by atoms with Crippen molar-refractivity contribution in [1.82, 2.24) is 14.5 Å². The van der Waals surface area contributed by atoms with Crippen LogP contribution in [0.2, 0.25) is 0 Å². The third-order valence-electron chi connectivity index (χ3n) is 6.73. The van der Waals surface area contributed by atoms with Gasteiger partial charge in [0.15, 0.2) is 11.5 Å². The molecule has 1 fully saturated rings. The monoisotopic (exact) mass is 537 g/mol. The topological polar surface area (TPSA) is 88.2 Å². The molecular formula is C29H35N3O5S. The van der Waals surface area contributed by atoms with Crippen LogP contribution in [0.3, 0.4) is 0 Å². The Kier molecular flexibility index (Phi) is 9.04. The van der Waals surface area contributed by atoms with Crippen LogP contribution >= 0.6 is 0 Å². The lowest BCUT2D eigenvalue weighted by molar-refractivity contribution is 0.0953. The lowest BCUT2D eigenvalue weighted by atomic mass is 10.1. The Labute approximate surface area is 225 Å². The number of nitrogens with zero attached hydrogens (tertiary/aromatic N) is 2. The summed E-state index contributed by atoms with van der Waals surface area (Å²) in [5.41, 5.74) is 3.70. The highest BCUT2D eigenvalue weighted by Crippen LogP contribution is 2.27. The van der Waals surface area contributed by atoms with Crippen LogP contribution in [0.4, 0.5) is 0 Å². The second-order valence-electron chi connectivity index (χ2n) is 9.39. The van der Waals surface area contributed by atoms with Crippen molar-refractivity contribution in [3.63, 3.8) is 0 Å². The molecule has 202 valence electrons. The van der Waals surface area contributed by atoms with Gasteiger partial charge in [-0.2, -0.15) is 4.31 Å². The fourth-order valence-corrected chi connectivity index (χ4v) is 5.94. The molecule has 9 heteroatoms. The molecule has 3 aromatic carbocycles. The van der Waals surface area contributed by atoms with E-state index < -0.39 is 10.0 Å². The first-order chi connectivity index (χ1) is 18.3. The highest BCUT2D eigenvalue weighted by atomic mass is 32.2. The second kappa shape index (κ2) is 12.4. The van der Waals surface area contributed by atoms with Crippen LogP contribution < -0.4 is 14.8 Å². The molecule has 0 spiro atoms. The normalized spacial score (nSPS) is 14.7. The van der Waals surface area contributed by atoms with Gasteiger partial charge >= 0.3 is 0 Å². The third kappa shape index (κ3) is 6.72. The Morgan fingerprint density at radius 1 is 0.868 bits per heavy atom. The van der Waals surface area contributed by atoms with Crippen LogP contribution in [0.1, 0.15) is 27.0 Å². The summed E-state index contributed by atoms with van der Waals surface area (Å²) in [6.07, 6.45) is 0.668. The maximum absolute atomic E-state index is 13.0. The fourth-order valence-electron chi connectivity index (χ4n) is 4.51. The van der Waals surface area contributed by atoms with E-state index in [0.717, 1.165) is 16.7 Å². The Morgan fingerprint density at radius 2 is 1.58 bits per heavy atom. The summed E-state index contributed by atoms with van der Waals surface area (Å²) in [5, 5.41) is 2.99. The predicted molar refractivity (Wildman–Crippen MR) is 147 cm³/mol. The lowest BCUT2D eigenvalue weighted by Crippen LogP contribution is -2.48. The van der Waals surface area contributed by atoms with Gasteiger partial charge in [0.05, 0.1) is 19.1 Å². The molecular weight excluding hydrogens is 502 g/mol. The number of carbonyl (C=O) groups excluding carboxylic acids is 1. The number of benzene rings is 3. The Hall–Kier alpha value is -3.40. The number of sulfonamides is 1. The van der Waals surface area contributed by atoms with Crippen molar-refractivity contribution in [3.8, 4) is 11.5 Å². The molecule has 1 heterocycles. The molecule has 4 rings (SSSR count). The highest BCUT2D eigenvalue weighted by Gasteiger charge is 2.28. The number of methoxy groups -OCH3 is 2. The van der Waals surface area contributed by atoms with E-state index in [1.165, 1.54) is 0 Å². The van der Waals surface area contributed by atoms with Crippen molar-refractivity contribution < 1.29 is 22.7 Å². The molecule has 0 saturated carbocycles. The molecule has 1 saturated heterocycles. The standard InChI is InChI=1S/C29H35N3O5S/c1-22-7-10-26(11-8-22)38(34,35)32-17-15-31(16-18-32)21-24-5-4-6-25(19-24)29(33)30-14-13-23-9-12-27(36-2)28(20-23)37-3/h4-12,19-20H,13-18,21H2,1-3H3,(H,30,33). The van der Waals surface area contributed by atoms with Gasteiger partial charge in [0, 0.05) is 44.8 Å². The number of piperazine rings is 1. The van der Waals surface area contributed by atoms with Gasteiger partial charge in [-0.1, -0.05) is 35.9 Å². The molecule has 0 aliphatic carbocycles. The maximum atomic E-state index is 13.0. The van der Waals surface area contributed by atoms with E-state index >= 15 is 0 Å². The number of carbonyl (C=O) groups is 1. The van der Waals surface area contributed by atoms with Gasteiger partial charge in [0.25, 0.3) is 5.91 Å². The Morgan fingerprint density at radius 3 is 2.26 bits per heavy atom. The van der Waals surface area contributed by atoms with Crippen LogP contribution in [-0.2, 0) is 23.0 Å². The molecule has 1 amide bonds. The number of aryl methyl sites for hydroxylation is 1. The molecule has 0 radical (unpaired) electrons. The smallest absolute Gasteiger partial charge is 0.251 e. The van der Waals surface area contributed by atoms with Crippen LogP contribution in [-0.4, -0.2) is 70.5 Å². The average molecular weight is 538 g/mol. The van der Waals surface area contributed by atoms with Crippen LogP contribution in [0.15, 0.2) is 71.6 Å². The minimum atomic E-state index is -3.49. The van der Waals surface area contributed by atoms with Gasteiger partial charge in [-0.25, -0.2) is 8.42 Å². The summed E-state index contributed by atoms with van der Waals surface area (Å²) in [6.45, 7) is 5.23. The number of hydrogen-bond donors (Lipinski definition) is 1. The number of hydrogen-bond acceptors (Lipinski definition) is 6. The van der Waals surface area contributed by atoms with Crippen LogP contribution in [0, 0.1) is 6.92 Å². The molecule has 0 unspecified atom stereocenters. The van der Waals surface area contributed by atoms with Crippen LogP contribution in [0.25, 0.3) is 0 Å². The van der Waals surface area contributed by atoms with Crippen molar-refractivity contribution in [3.05, 3.63) is 89.0 Å². The number of rotatable bonds is 10. The van der Waals surface area contributed by atoms with Crippen molar-refractivity contribution in [2.75, 3.05) is 46.9 Å². The summed E-state index contributed by atoms with van der Waals surface area (Å²) in [5.74, 6) is 1.21. The zero-order chi connectivity index (χ0) is 27.1. The quantitative estimate of drug-likeness (QED) is 0.426. The Bertz CT molecular complexity index is 1350. The van der Waals surface area contributed by atoms with Gasteiger partial charge in [-0.15, -0.1) is 0 Å². The van der Waals surface area contributed by atoms with Gasteiger partial charge in [0.2, 0.25) is 10.0 Å². The Balaban J connectivity index is 1.28. The summed E-state index contributed by atoms with van der Waals surface area (Å²) in [4.78, 5) is 15.3. The van der Waals surface area contributed by atoms with Gasteiger partial charge in [-0.05, 0) is 60.9 Å². The first-order valence-electron chi connectivity index (χ1n) is 12.7. The van der Waals surface area contributed by atoms with E-state index in [4.69, 9.17) is 9.47 Å². The van der Waals surface area contributed by atoms with Gasteiger partial charge in [0.1, 0.15) is 0 Å². The minimum Gasteiger partial charge on any atom is -0.493 e. The largest absolute Gasteiger partial charge is 0.493 e. The van der Waals surface area contributed by atoms with E-state index in [1.807, 2.05) is 55.5 Å². The van der Waals surface area contributed by atoms with Crippen molar-refractivity contribution in [2.24, 2.45) is 0 Å². The van der Waals surface area contributed by atoms with Crippen molar-refractivity contribution in [2.45, 2.75) is 24.8 Å². The number of ether oxygens (including phenoxy) is 2. The molecule has 0 bridgehead atoms. The number of nitrogens with one attached hydrogen (secondary N) is 1. The van der Waals surface area contributed by atoms with E-state index in [-0.39, 0.29) is 5.91 Å². The molecule has 3 aromatic rings. The predicted octanol–water partition coefficient (Wildman–Crippen LogP) is 3.49. The fraction of sp³-hybridized carbons (Fsp3) is 0.345. The molecule has 1 aliphatic rings. The zero-order valence-corrected chi connectivity index (χ0v) is 23.0. The first-order valence-corrected chi connectivity index (χ1v) is 14.1. The van der Waals surface area contributed by atoms with Crippen LogP contribution in [0.5, 0.6) is 11.5 Å². The summed E-state index contributed by atoms with van der Waals surface area (Å²) in [6, 6.07) is 20.3. The second-order valence-corrected chi connectivity index (χ2v) is 11.3. The molecule has 38 heavy (non-hydrogen) atoms. The minimum absolute atomic E-state index is 0.124. The van der Waals surface area contributed by atoms with Crippen molar-refractivity contribution >= 4 is 15.9 Å². The van der Waals surface area contributed by atoms with E-state index in [0.29, 0.717) is 67.6 Å². The van der Waals surface area contributed by atoms with E-state index in [2.05, 4.69) is 10.2 Å². The highest BCUT2D eigenvalue weighted by molar-refractivity contribution is 7.89. The molecule has 8 nitrogen and oxygen atoms in total. The first kappa shape index (κ1) is 27.6. The average Bonchev–Trinajstić information content (AvgIpc) is 2.93. The number of amides is 1. The van der Waals surface area contributed by atoms with E-state index in [9.17, 15) is 13.2 Å². The maximum Gasteiger partial charge on any atom is 0.251 e. The van der Waals surface area contributed by atoms with Gasteiger partial charge < -0.3 is 14.8 Å². The summed E-state index contributed by atoms with van der Waals surface area (Å²) >= 11 is 0. The molecule has 1 N–H and O–H groups in total.